The largest absolute Gasteiger partial charge is 0.423 e. The molecule has 1 aromatic rings. The van der Waals surface area contributed by atoms with Gasteiger partial charge in [0.1, 0.15) is 0 Å². The van der Waals surface area contributed by atoms with Crippen LogP contribution >= 0.6 is 30.4 Å². The molecule has 0 N–H and O–H groups in total. The van der Waals surface area contributed by atoms with Crippen molar-refractivity contribution in [1.29, 1.82) is 0 Å². The highest BCUT2D eigenvalue weighted by molar-refractivity contribution is 14.2. The second-order valence-electron chi connectivity index (χ2n) is 5.42. The Morgan fingerprint density at radius 1 is 1.32 bits per heavy atom. The summed E-state index contributed by atoms with van der Waals surface area (Å²) in [5.74, 6) is 0. The van der Waals surface area contributed by atoms with Crippen molar-refractivity contribution in [3.8, 4) is 0 Å². The Kier molecular flexibility index (Phi) is 4.30. The smallest absolute Gasteiger partial charge is 0.284 e. The van der Waals surface area contributed by atoms with Gasteiger partial charge in [0, 0.05) is 26.8 Å². The minimum absolute atomic E-state index is 0.00756. The molecule has 8 heteroatoms. The van der Waals surface area contributed by atoms with Gasteiger partial charge in [-0.05, 0) is 48.8 Å². The zero-order valence-electron chi connectivity index (χ0n) is 11.3. The number of aryl methyl sites for hydroxylation is 2. The molecule has 0 amide bonds. The van der Waals surface area contributed by atoms with Crippen LogP contribution in [0.3, 0.4) is 0 Å². The molecule has 0 spiro atoms. The second-order valence-corrected chi connectivity index (χ2v) is 6.80. The number of hydrogen-bond donors (Lipinski definition) is 0. The first kappa shape index (κ1) is 16.3. The fourth-order valence-electron chi connectivity index (χ4n) is 3.50. The Morgan fingerprint density at radius 3 is 2.73 bits per heavy atom. The van der Waals surface area contributed by atoms with Gasteiger partial charge < -0.3 is 0 Å². The van der Waals surface area contributed by atoms with Gasteiger partial charge in [-0.2, -0.15) is 18.2 Å². The van der Waals surface area contributed by atoms with Gasteiger partial charge >= 0.3 is 6.18 Å². The van der Waals surface area contributed by atoms with E-state index >= 15 is 0 Å². The van der Waals surface area contributed by atoms with E-state index in [9.17, 15) is 18.0 Å². The third-order valence-corrected chi connectivity index (χ3v) is 5.28. The maximum absolute atomic E-state index is 13.8. The van der Waals surface area contributed by atoms with Gasteiger partial charge in [0.05, 0.1) is 14.9 Å². The highest BCUT2D eigenvalue weighted by Crippen LogP contribution is 2.57. The minimum atomic E-state index is -4.57. The first-order chi connectivity index (χ1) is 10.4. The average molecular weight is 441 g/mol. The molecule has 22 heavy (non-hydrogen) atoms. The molecule has 2 aliphatic carbocycles. The van der Waals surface area contributed by atoms with Crippen molar-refractivity contribution in [1.82, 2.24) is 0 Å². The quantitative estimate of drug-likeness (QED) is 0.291. The van der Waals surface area contributed by atoms with E-state index in [1.165, 1.54) is 6.08 Å². The molecular weight excluding hydrogens is 430 g/mol. The molecular formula is C14H11F3INO2S. The van der Waals surface area contributed by atoms with Crippen LogP contribution in [0.5, 0.6) is 0 Å². The van der Waals surface area contributed by atoms with Crippen molar-refractivity contribution < 1.29 is 22.1 Å². The number of nitrogens with zero attached hydrogens (tertiary/aromatic N) is 1. The number of halogens is 4. The summed E-state index contributed by atoms with van der Waals surface area (Å²) in [7, 11) is 0.658. The number of aliphatic imine (C=N–C) groups is 1. The molecule has 0 radical (unpaired) electrons. The summed E-state index contributed by atoms with van der Waals surface area (Å²) in [6, 6.07) is 1.83. The van der Waals surface area contributed by atoms with Crippen LogP contribution in [-0.4, -0.2) is 12.3 Å². The number of rotatable bonds is 3. The van der Waals surface area contributed by atoms with E-state index in [4.69, 9.17) is 4.18 Å². The van der Waals surface area contributed by atoms with Crippen LogP contribution in [0.4, 0.5) is 18.9 Å². The van der Waals surface area contributed by atoms with Crippen molar-refractivity contribution in [3.05, 3.63) is 28.3 Å². The molecule has 0 bridgehead atoms. The Hall–Kier alpha value is -0.570. The van der Waals surface area contributed by atoms with E-state index in [-0.39, 0.29) is 24.1 Å². The summed E-state index contributed by atoms with van der Waals surface area (Å²) < 4.78 is 46.4. The van der Waals surface area contributed by atoms with Crippen LogP contribution in [0.15, 0.2) is 11.1 Å². The summed E-state index contributed by atoms with van der Waals surface area (Å²) in [5.41, 5.74) is 0.0417. The predicted octanol–water partition coefficient (Wildman–Crippen LogP) is 4.86. The molecule has 0 aromatic heterocycles. The van der Waals surface area contributed by atoms with E-state index < -0.39 is 11.8 Å². The summed E-state index contributed by atoms with van der Waals surface area (Å²) >= 11 is 1.68. The zero-order valence-corrected chi connectivity index (χ0v) is 14.3. The fourth-order valence-corrected chi connectivity index (χ4v) is 4.79. The van der Waals surface area contributed by atoms with Crippen LogP contribution in [0.25, 0.3) is 0 Å². The van der Waals surface area contributed by atoms with E-state index in [0.29, 0.717) is 21.2 Å². The molecule has 2 aliphatic rings. The number of hydrogen-bond acceptors (Lipinski definition) is 4. The lowest BCUT2D eigenvalue weighted by molar-refractivity contribution is -0.248. The lowest BCUT2D eigenvalue weighted by Crippen LogP contribution is -2.41. The lowest BCUT2D eigenvalue weighted by Gasteiger charge is -2.32. The van der Waals surface area contributed by atoms with Gasteiger partial charge in [-0.1, -0.05) is 6.07 Å². The van der Waals surface area contributed by atoms with Crippen LogP contribution in [-0.2, 0) is 33.8 Å². The third-order valence-electron chi connectivity index (χ3n) is 4.39. The molecule has 1 aromatic carbocycles. The monoisotopic (exact) mass is 441 g/mol. The van der Waals surface area contributed by atoms with Gasteiger partial charge in [0.25, 0.3) is 0 Å². The minimum Gasteiger partial charge on any atom is -0.284 e. The normalized spacial score (nSPS) is 23.1. The van der Waals surface area contributed by atoms with Crippen molar-refractivity contribution >= 4 is 42.2 Å². The maximum atomic E-state index is 13.8. The van der Waals surface area contributed by atoms with Crippen molar-refractivity contribution in [2.24, 2.45) is 4.99 Å². The summed E-state index contributed by atoms with van der Waals surface area (Å²) in [6.45, 7) is 0. The molecule has 1 atom stereocenters. The topological polar surface area (TPSA) is 38.7 Å². The highest BCUT2D eigenvalue weighted by Gasteiger charge is 2.62. The highest BCUT2D eigenvalue weighted by atomic mass is 127. The molecule has 118 valence electrons. The molecule has 0 fully saturated rings. The first-order valence-electron chi connectivity index (χ1n) is 6.73. The second kappa shape index (κ2) is 5.81. The summed E-state index contributed by atoms with van der Waals surface area (Å²) in [5, 5.41) is 0. The summed E-state index contributed by atoms with van der Waals surface area (Å²) in [4.78, 5) is 14.4. The van der Waals surface area contributed by atoms with E-state index in [1.54, 1.807) is 21.2 Å². The Labute approximate surface area is 141 Å². The fraction of sp³-hybridized carbons (Fsp3) is 0.500. The van der Waals surface area contributed by atoms with Gasteiger partial charge in [0.15, 0.2) is 0 Å². The molecule has 0 aliphatic heterocycles. The molecule has 1 unspecified atom stereocenters. The molecule has 0 saturated carbocycles. The summed E-state index contributed by atoms with van der Waals surface area (Å²) in [6.07, 6.45) is -0.773. The SMILES string of the molecule is O=C=Nc1c2c(cc3c1C(OSI)(C(F)(F)F)CC3)CCC2. The van der Waals surface area contributed by atoms with Crippen molar-refractivity contribution in [2.45, 2.75) is 43.9 Å². The van der Waals surface area contributed by atoms with Gasteiger partial charge in [-0.15, -0.1) is 0 Å². The van der Waals surface area contributed by atoms with Crippen LogP contribution in [0.2, 0.25) is 0 Å². The molecule has 3 rings (SSSR count). The van der Waals surface area contributed by atoms with Gasteiger partial charge in [-0.25, -0.2) is 4.79 Å². The number of benzene rings is 1. The standard InChI is InChI=1S/C14H11F3INO2S/c15-14(16,17)13(21-22-18)5-4-9-6-8-2-1-3-10(8)12(11(9)13)19-7-20/h6H,1-5H2. The number of carbonyl (C=O) groups excluding carboxylic acids is 1. The van der Waals surface area contributed by atoms with Crippen LogP contribution in [0.1, 0.15) is 35.1 Å². The predicted molar refractivity (Wildman–Crippen MR) is 85.0 cm³/mol. The van der Waals surface area contributed by atoms with Gasteiger partial charge in [-0.3, -0.25) is 4.18 Å². The van der Waals surface area contributed by atoms with Crippen molar-refractivity contribution in [3.63, 3.8) is 0 Å². The van der Waals surface area contributed by atoms with E-state index in [0.717, 1.165) is 24.0 Å². The Morgan fingerprint density at radius 2 is 2.09 bits per heavy atom. The number of alkyl halides is 3. The van der Waals surface area contributed by atoms with E-state index in [1.807, 2.05) is 6.07 Å². The number of fused-ring (bicyclic) bond motifs is 2. The lowest BCUT2D eigenvalue weighted by atomic mass is 9.90. The molecule has 0 saturated heterocycles. The Balaban J connectivity index is 2.31. The maximum Gasteiger partial charge on any atom is 0.423 e. The van der Waals surface area contributed by atoms with Crippen LogP contribution in [0, 0.1) is 0 Å². The van der Waals surface area contributed by atoms with Crippen molar-refractivity contribution in [2.75, 3.05) is 0 Å². The third kappa shape index (κ3) is 2.31. The average Bonchev–Trinajstić information content (AvgIpc) is 3.04. The van der Waals surface area contributed by atoms with Crippen LogP contribution < -0.4 is 0 Å². The zero-order chi connectivity index (χ0) is 16.0. The van der Waals surface area contributed by atoms with E-state index in [2.05, 4.69) is 4.99 Å². The molecule has 0 heterocycles. The first-order valence-corrected chi connectivity index (χ1v) is 10.0. The Bertz CT molecular complexity index is 673. The van der Waals surface area contributed by atoms with Gasteiger partial charge in [0.2, 0.25) is 11.7 Å². The molecule has 3 nitrogen and oxygen atoms in total. The number of isocyanates is 1.